The number of carbonyl (C=O) groups is 1. The molecule has 1 aliphatic heterocycles. The zero-order chi connectivity index (χ0) is 33.7. The second-order valence-electron chi connectivity index (χ2n) is 13.9. The monoisotopic (exact) mass is 638 g/mol. The Morgan fingerprint density at radius 3 is 2.62 bits per heavy atom. The molecule has 2 aliphatic rings. The molecule has 0 saturated heterocycles. The minimum atomic E-state index is -1.34. The van der Waals surface area contributed by atoms with Gasteiger partial charge in [0.2, 0.25) is 0 Å². The van der Waals surface area contributed by atoms with E-state index in [0.717, 1.165) is 54.5 Å². The molecule has 3 N–H and O–H groups in total. The molecule has 0 unspecified atom stereocenters. The Kier molecular flexibility index (Phi) is 8.62. The highest BCUT2D eigenvalue weighted by atomic mass is 19.1. The average molecular weight is 639 g/mol. The van der Waals surface area contributed by atoms with Crippen LogP contribution in [0.2, 0.25) is 0 Å². The summed E-state index contributed by atoms with van der Waals surface area (Å²) in [6.45, 7) is 9.64. The fraction of sp³-hybridized carbons (Fsp3) is 0.447. The van der Waals surface area contributed by atoms with Crippen LogP contribution in [0.4, 0.5) is 4.39 Å². The molecule has 8 nitrogen and oxygen atoms in total. The van der Waals surface area contributed by atoms with Crippen LogP contribution >= 0.6 is 0 Å². The molecule has 1 fully saturated rings. The number of nitrogens with zero attached hydrogens (tertiary/aromatic N) is 3. The van der Waals surface area contributed by atoms with Crippen molar-refractivity contribution in [2.45, 2.75) is 96.8 Å². The van der Waals surface area contributed by atoms with Gasteiger partial charge in [-0.25, -0.2) is 19.2 Å². The van der Waals surface area contributed by atoms with Gasteiger partial charge in [-0.3, -0.25) is 0 Å². The van der Waals surface area contributed by atoms with E-state index in [2.05, 4.69) is 16.8 Å². The Balaban J connectivity index is 1.59. The summed E-state index contributed by atoms with van der Waals surface area (Å²) in [5, 5.41) is 11.2. The molecular weight excluding hydrogens is 595 g/mol. The number of hydrogen-bond acceptors (Lipinski definition) is 6. The molecule has 9 heteroatoms. The third-order valence-electron chi connectivity index (χ3n) is 9.31. The second-order valence-corrected chi connectivity index (χ2v) is 13.9. The molecule has 4 heterocycles. The third kappa shape index (κ3) is 6.37. The Bertz CT molecular complexity index is 1940. The average Bonchev–Trinajstić information content (AvgIpc) is 3.36. The summed E-state index contributed by atoms with van der Waals surface area (Å²) in [5.41, 5.74) is 12.0. The molecule has 6 rings (SSSR count). The van der Waals surface area contributed by atoms with Gasteiger partial charge in [0, 0.05) is 46.6 Å². The van der Waals surface area contributed by atoms with Crippen molar-refractivity contribution in [3.05, 3.63) is 64.4 Å². The molecule has 47 heavy (non-hydrogen) atoms. The maximum absolute atomic E-state index is 15.8. The molecule has 1 aromatic carbocycles. The lowest BCUT2D eigenvalue weighted by molar-refractivity contribution is -0.160. The van der Waals surface area contributed by atoms with Crippen molar-refractivity contribution in [2.24, 2.45) is 12.8 Å². The Labute approximate surface area is 275 Å². The van der Waals surface area contributed by atoms with Crippen molar-refractivity contribution in [1.29, 1.82) is 0 Å². The lowest BCUT2D eigenvalue weighted by Crippen LogP contribution is -2.40. The molecular formula is C38H43FN4O4. The summed E-state index contributed by atoms with van der Waals surface area (Å²) < 4.78 is 29.7. The SMILES string of the molecule is Cc1nc2c(cc(-c3ccnc(C#CC4(N)CCCCC4)c3)n2C)c(-c2cc(F)c3c(c2C)CCCO3)c1[C@H](OC(C)(C)C)C(=O)O. The van der Waals surface area contributed by atoms with E-state index in [9.17, 15) is 9.90 Å². The number of benzene rings is 1. The van der Waals surface area contributed by atoms with E-state index in [1.54, 1.807) is 13.1 Å². The number of pyridine rings is 2. The predicted molar refractivity (Wildman–Crippen MR) is 181 cm³/mol. The van der Waals surface area contributed by atoms with Gasteiger partial charge < -0.3 is 24.9 Å². The molecule has 1 atom stereocenters. The first-order valence-electron chi connectivity index (χ1n) is 16.4. The van der Waals surface area contributed by atoms with E-state index in [4.69, 9.17) is 20.2 Å². The molecule has 4 aromatic rings. The highest BCUT2D eigenvalue weighted by Crippen LogP contribution is 2.45. The van der Waals surface area contributed by atoms with E-state index in [1.165, 1.54) is 12.5 Å². The van der Waals surface area contributed by atoms with Crippen LogP contribution in [0.15, 0.2) is 30.5 Å². The molecule has 246 valence electrons. The summed E-state index contributed by atoms with van der Waals surface area (Å²) in [4.78, 5) is 22.3. The number of fused-ring (bicyclic) bond motifs is 2. The van der Waals surface area contributed by atoms with Gasteiger partial charge in [-0.2, -0.15) is 0 Å². The van der Waals surface area contributed by atoms with Crippen LogP contribution in [0.5, 0.6) is 5.75 Å². The highest BCUT2D eigenvalue weighted by molar-refractivity contribution is 6.01. The molecule has 1 aliphatic carbocycles. The van der Waals surface area contributed by atoms with Gasteiger partial charge in [-0.15, -0.1) is 0 Å². The smallest absolute Gasteiger partial charge is 0.337 e. The number of aromatic nitrogens is 3. The van der Waals surface area contributed by atoms with Crippen LogP contribution in [-0.2, 0) is 23.0 Å². The maximum Gasteiger partial charge on any atom is 0.337 e. The largest absolute Gasteiger partial charge is 0.490 e. The van der Waals surface area contributed by atoms with Crippen LogP contribution in [0.25, 0.3) is 33.4 Å². The lowest BCUT2D eigenvalue weighted by atomic mass is 9.83. The third-order valence-corrected chi connectivity index (χ3v) is 9.31. The van der Waals surface area contributed by atoms with Crippen molar-refractivity contribution in [3.63, 3.8) is 0 Å². The number of carboxylic acid groups (broad SMARTS) is 1. The van der Waals surface area contributed by atoms with E-state index < -0.39 is 29.0 Å². The van der Waals surface area contributed by atoms with E-state index in [1.807, 2.05) is 57.5 Å². The number of aryl methyl sites for hydroxylation is 2. The first-order valence-corrected chi connectivity index (χ1v) is 16.4. The van der Waals surface area contributed by atoms with Gasteiger partial charge in [0.25, 0.3) is 0 Å². The van der Waals surface area contributed by atoms with Crippen LogP contribution < -0.4 is 10.5 Å². The van der Waals surface area contributed by atoms with E-state index >= 15 is 4.39 Å². The summed E-state index contributed by atoms with van der Waals surface area (Å²) in [6, 6.07) is 7.30. The van der Waals surface area contributed by atoms with Gasteiger partial charge >= 0.3 is 5.97 Å². The van der Waals surface area contributed by atoms with Crippen LogP contribution in [0.3, 0.4) is 0 Å². The highest BCUT2D eigenvalue weighted by Gasteiger charge is 2.34. The minimum Gasteiger partial charge on any atom is -0.490 e. The quantitative estimate of drug-likeness (QED) is 0.220. The van der Waals surface area contributed by atoms with Crippen molar-refractivity contribution >= 4 is 17.0 Å². The summed E-state index contributed by atoms with van der Waals surface area (Å²) in [7, 11) is 1.92. The van der Waals surface area contributed by atoms with Crippen molar-refractivity contribution in [1.82, 2.24) is 14.5 Å². The van der Waals surface area contributed by atoms with E-state index in [-0.39, 0.29) is 5.75 Å². The summed E-state index contributed by atoms with van der Waals surface area (Å²) in [5.74, 6) is 5.16. The number of hydrogen-bond donors (Lipinski definition) is 2. The van der Waals surface area contributed by atoms with Gasteiger partial charge in [-0.1, -0.05) is 25.2 Å². The Morgan fingerprint density at radius 2 is 1.91 bits per heavy atom. The number of rotatable bonds is 5. The van der Waals surface area contributed by atoms with Gasteiger partial charge in [0.05, 0.1) is 23.4 Å². The fourth-order valence-electron chi connectivity index (χ4n) is 7.00. The molecule has 0 radical (unpaired) electrons. The topological polar surface area (TPSA) is 112 Å². The fourth-order valence-corrected chi connectivity index (χ4v) is 7.00. The predicted octanol–water partition coefficient (Wildman–Crippen LogP) is 7.34. The summed E-state index contributed by atoms with van der Waals surface area (Å²) >= 11 is 0. The minimum absolute atomic E-state index is 0.272. The summed E-state index contributed by atoms with van der Waals surface area (Å²) in [6.07, 6.45) is 6.93. The van der Waals surface area contributed by atoms with Crippen molar-refractivity contribution in [2.75, 3.05) is 6.61 Å². The van der Waals surface area contributed by atoms with Crippen LogP contribution in [0.1, 0.15) is 93.5 Å². The molecule has 0 bridgehead atoms. The van der Waals surface area contributed by atoms with Crippen LogP contribution in [0, 0.1) is 31.5 Å². The normalized spacial score (nSPS) is 16.6. The van der Waals surface area contributed by atoms with Crippen molar-refractivity contribution in [3.8, 4) is 40.0 Å². The van der Waals surface area contributed by atoms with E-state index in [0.29, 0.717) is 52.1 Å². The van der Waals surface area contributed by atoms with Crippen LogP contribution in [-0.4, -0.2) is 43.4 Å². The standard InChI is InChI=1S/C38H43FN4O4/c1-22-26-11-10-18-46-33(26)29(39)20-27(22)32-28-21-30(24-13-17-41-25(19-24)12-16-38(40)14-8-7-9-15-38)43(6)35(28)42-23(2)31(32)34(36(44)45)47-37(3,4)5/h13,17,19-21,34H,7-11,14-15,18,40H2,1-6H3,(H,44,45)/t34-/m0/s1. The molecule has 3 aromatic heterocycles. The number of aliphatic carboxylic acids is 1. The Morgan fingerprint density at radius 1 is 1.17 bits per heavy atom. The first-order chi connectivity index (χ1) is 22.3. The number of ether oxygens (including phenoxy) is 2. The zero-order valence-corrected chi connectivity index (χ0v) is 28.1. The number of halogens is 1. The van der Waals surface area contributed by atoms with Gasteiger partial charge in [0.15, 0.2) is 17.7 Å². The second kappa shape index (κ2) is 12.4. The molecule has 0 amide bonds. The van der Waals surface area contributed by atoms with Gasteiger partial charge in [-0.05, 0) is 102 Å². The molecule has 0 spiro atoms. The lowest BCUT2D eigenvalue weighted by Gasteiger charge is -2.29. The zero-order valence-electron chi connectivity index (χ0n) is 28.1. The van der Waals surface area contributed by atoms with Crippen molar-refractivity contribution < 1.29 is 23.8 Å². The van der Waals surface area contributed by atoms with Gasteiger partial charge in [0.1, 0.15) is 11.3 Å². The maximum atomic E-state index is 15.8. The number of nitrogens with two attached hydrogens (primary N) is 1. The number of carboxylic acids is 1. The first kappa shape index (κ1) is 32.7. The Hall–Kier alpha value is -4.26. The molecule has 1 saturated carbocycles.